The van der Waals surface area contributed by atoms with Crippen LogP contribution in [0, 0.1) is 5.92 Å². The average Bonchev–Trinajstić information content (AvgIpc) is 3.42. The van der Waals surface area contributed by atoms with Crippen LogP contribution in [-0.4, -0.2) is 59.5 Å². The summed E-state index contributed by atoms with van der Waals surface area (Å²) < 4.78 is 5.13. The Morgan fingerprint density at radius 3 is 2.53 bits per heavy atom. The summed E-state index contributed by atoms with van der Waals surface area (Å²) in [6.07, 6.45) is 4.63. The van der Waals surface area contributed by atoms with Crippen LogP contribution >= 0.6 is 11.8 Å². The van der Waals surface area contributed by atoms with E-state index in [4.69, 9.17) is 14.7 Å². The number of aromatic nitrogens is 2. The molecule has 2 aliphatic heterocycles. The molecule has 0 unspecified atom stereocenters. The number of likely N-dealkylation sites (tertiary alicyclic amines) is 1. The van der Waals surface area contributed by atoms with E-state index in [0.717, 1.165) is 41.7 Å². The molecule has 0 radical (unpaired) electrons. The molecule has 4 rings (SSSR count). The fourth-order valence-corrected chi connectivity index (χ4v) is 5.33. The van der Waals surface area contributed by atoms with Crippen molar-refractivity contribution in [2.75, 3.05) is 37.7 Å². The van der Waals surface area contributed by atoms with Crippen molar-refractivity contribution >= 4 is 29.5 Å². The lowest BCUT2D eigenvalue weighted by molar-refractivity contribution is -0.149. The van der Waals surface area contributed by atoms with Gasteiger partial charge in [-0.25, -0.2) is 9.97 Å². The Kier molecular flexibility index (Phi) is 8.43. The molecule has 0 saturated carbocycles. The molecule has 0 bridgehead atoms. The molecule has 0 spiro atoms. The molecular formula is C26H34N4O3S. The van der Waals surface area contributed by atoms with Crippen LogP contribution in [0.2, 0.25) is 0 Å². The van der Waals surface area contributed by atoms with Crippen LogP contribution in [0.3, 0.4) is 0 Å². The summed E-state index contributed by atoms with van der Waals surface area (Å²) >= 11 is 1.61. The molecule has 182 valence electrons. The first-order chi connectivity index (χ1) is 16.6. The summed E-state index contributed by atoms with van der Waals surface area (Å²) in [7, 11) is 0. The molecule has 1 amide bonds. The van der Waals surface area contributed by atoms with Crippen LogP contribution < -0.4 is 4.90 Å². The Bertz CT molecular complexity index is 1000. The third-order valence-electron chi connectivity index (χ3n) is 6.48. The zero-order valence-electron chi connectivity index (χ0n) is 20.2. The zero-order chi connectivity index (χ0) is 23.9. The van der Waals surface area contributed by atoms with Gasteiger partial charge >= 0.3 is 5.97 Å². The summed E-state index contributed by atoms with van der Waals surface area (Å²) in [5, 5.41) is 0.791. The molecule has 34 heavy (non-hydrogen) atoms. The average molecular weight is 483 g/mol. The van der Waals surface area contributed by atoms with Gasteiger partial charge in [0.05, 0.1) is 12.5 Å². The van der Waals surface area contributed by atoms with Crippen LogP contribution in [0.5, 0.6) is 0 Å². The van der Waals surface area contributed by atoms with Gasteiger partial charge in [-0.2, -0.15) is 0 Å². The van der Waals surface area contributed by atoms with Gasteiger partial charge in [-0.15, -0.1) is 0 Å². The summed E-state index contributed by atoms with van der Waals surface area (Å²) in [5.74, 6) is 1.52. The third kappa shape index (κ3) is 6.09. The first kappa shape index (κ1) is 24.5. The van der Waals surface area contributed by atoms with E-state index >= 15 is 0 Å². The third-order valence-corrected chi connectivity index (χ3v) is 7.40. The number of thioether (sulfide) groups is 1. The Morgan fingerprint density at radius 2 is 1.82 bits per heavy atom. The summed E-state index contributed by atoms with van der Waals surface area (Å²) in [6.45, 7) is 7.62. The van der Waals surface area contributed by atoms with Gasteiger partial charge in [0.15, 0.2) is 5.16 Å². The quantitative estimate of drug-likeness (QED) is 0.315. The predicted molar refractivity (Wildman–Crippen MR) is 134 cm³/mol. The number of esters is 1. The number of hydrogen-bond donors (Lipinski definition) is 0. The predicted octanol–water partition coefficient (Wildman–Crippen LogP) is 4.35. The van der Waals surface area contributed by atoms with Gasteiger partial charge in [0.25, 0.3) is 5.91 Å². The number of ether oxygens (including phenoxy) is 1. The first-order valence-corrected chi connectivity index (χ1v) is 13.4. The van der Waals surface area contributed by atoms with Gasteiger partial charge in [-0.3, -0.25) is 9.59 Å². The molecule has 3 heterocycles. The summed E-state index contributed by atoms with van der Waals surface area (Å²) in [5.41, 5.74) is 2.83. The molecule has 1 aromatic carbocycles. The molecule has 2 fully saturated rings. The minimum atomic E-state index is -0.143. The fourth-order valence-electron chi connectivity index (χ4n) is 4.52. The molecule has 2 aromatic rings. The van der Waals surface area contributed by atoms with Crippen molar-refractivity contribution in [3.05, 3.63) is 47.2 Å². The van der Waals surface area contributed by atoms with Gasteiger partial charge in [0, 0.05) is 49.3 Å². The first-order valence-electron chi connectivity index (χ1n) is 12.4. The van der Waals surface area contributed by atoms with E-state index in [-0.39, 0.29) is 17.8 Å². The standard InChI is InChI=1S/C26H34N4O3S/c1-3-22-17-23(29-12-5-6-13-29)28-26(27-22)34-18-19-8-7-9-21(16-19)24(31)30-14-10-20(11-15-30)25(32)33-4-2/h7-9,16-17,20H,3-6,10-15,18H2,1-2H3. The van der Waals surface area contributed by atoms with Crippen molar-refractivity contribution in [3.63, 3.8) is 0 Å². The smallest absolute Gasteiger partial charge is 0.309 e. The second-order valence-electron chi connectivity index (χ2n) is 8.86. The van der Waals surface area contributed by atoms with Gasteiger partial charge in [-0.1, -0.05) is 30.8 Å². The number of hydrogen-bond acceptors (Lipinski definition) is 7. The van der Waals surface area contributed by atoms with E-state index in [1.165, 1.54) is 12.8 Å². The topological polar surface area (TPSA) is 75.6 Å². The largest absolute Gasteiger partial charge is 0.466 e. The highest BCUT2D eigenvalue weighted by atomic mass is 32.2. The lowest BCUT2D eigenvalue weighted by atomic mass is 9.96. The van der Waals surface area contributed by atoms with Crippen LogP contribution in [0.1, 0.15) is 61.1 Å². The van der Waals surface area contributed by atoms with E-state index in [0.29, 0.717) is 43.9 Å². The molecule has 7 nitrogen and oxygen atoms in total. The number of piperidine rings is 1. The maximum Gasteiger partial charge on any atom is 0.309 e. The van der Waals surface area contributed by atoms with Gasteiger partial charge in [0.2, 0.25) is 0 Å². The molecule has 1 aromatic heterocycles. The summed E-state index contributed by atoms with van der Waals surface area (Å²) in [6, 6.07) is 9.93. The number of amides is 1. The Balaban J connectivity index is 1.37. The second-order valence-corrected chi connectivity index (χ2v) is 9.80. The van der Waals surface area contributed by atoms with Crippen molar-refractivity contribution < 1.29 is 14.3 Å². The number of nitrogens with zero attached hydrogens (tertiary/aromatic N) is 4. The number of benzene rings is 1. The van der Waals surface area contributed by atoms with Gasteiger partial charge in [-0.05, 0) is 56.7 Å². The molecule has 0 atom stereocenters. The van der Waals surface area contributed by atoms with Crippen LogP contribution in [0.25, 0.3) is 0 Å². The Labute approximate surface area is 206 Å². The minimum Gasteiger partial charge on any atom is -0.466 e. The van der Waals surface area contributed by atoms with Gasteiger partial charge in [0.1, 0.15) is 5.82 Å². The SMILES string of the molecule is CCOC(=O)C1CCN(C(=O)c2cccc(CSc3nc(CC)cc(N4CCCC4)n3)c2)CC1. The molecular weight excluding hydrogens is 448 g/mol. The molecule has 8 heteroatoms. The van der Waals surface area contributed by atoms with Crippen molar-refractivity contribution in [2.45, 2.75) is 56.9 Å². The highest BCUT2D eigenvalue weighted by Gasteiger charge is 2.28. The number of carbonyl (C=O) groups excluding carboxylic acids is 2. The van der Waals surface area contributed by atoms with E-state index in [1.54, 1.807) is 11.8 Å². The van der Waals surface area contributed by atoms with Gasteiger partial charge < -0.3 is 14.5 Å². The van der Waals surface area contributed by atoms with Crippen molar-refractivity contribution in [1.29, 1.82) is 0 Å². The molecule has 2 aliphatic rings. The number of carbonyl (C=O) groups is 2. The van der Waals surface area contributed by atoms with Crippen molar-refractivity contribution in [2.24, 2.45) is 5.92 Å². The van der Waals surface area contributed by atoms with Crippen LogP contribution in [0.4, 0.5) is 5.82 Å². The molecule has 2 saturated heterocycles. The second kappa shape index (κ2) is 11.7. The number of aryl methyl sites for hydroxylation is 1. The number of rotatable bonds is 8. The molecule has 0 aliphatic carbocycles. The Hall–Kier alpha value is -2.61. The van der Waals surface area contributed by atoms with E-state index in [1.807, 2.05) is 36.1 Å². The maximum absolute atomic E-state index is 13.1. The van der Waals surface area contributed by atoms with E-state index in [2.05, 4.69) is 17.9 Å². The van der Waals surface area contributed by atoms with Crippen molar-refractivity contribution in [3.8, 4) is 0 Å². The van der Waals surface area contributed by atoms with Crippen molar-refractivity contribution in [1.82, 2.24) is 14.9 Å². The lowest BCUT2D eigenvalue weighted by Crippen LogP contribution is -2.40. The number of anilines is 1. The minimum absolute atomic E-state index is 0.0229. The Morgan fingerprint density at radius 1 is 1.06 bits per heavy atom. The fraction of sp³-hybridized carbons (Fsp3) is 0.538. The normalized spacial score (nSPS) is 16.6. The lowest BCUT2D eigenvalue weighted by Gasteiger charge is -2.31. The maximum atomic E-state index is 13.1. The van der Waals surface area contributed by atoms with E-state index in [9.17, 15) is 9.59 Å². The highest BCUT2D eigenvalue weighted by molar-refractivity contribution is 7.98. The highest BCUT2D eigenvalue weighted by Crippen LogP contribution is 2.26. The summed E-state index contributed by atoms with van der Waals surface area (Å²) in [4.78, 5) is 38.8. The molecule has 0 N–H and O–H groups in total. The monoisotopic (exact) mass is 482 g/mol. The zero-order valence-corrected chi connectivity index (χ0v) is 21.0. The van der Waals surface area contributed by atoms with Crippen LogP contribution in [0.15, 0.2) is 35.5 Å². The van der Waals surface area contributed by atoms with Crippen LogP contribution in [-0.2, 0) is 21.7 Å². The van der Waals surface area contributed by atoms with E-state index < -0.39 is 0 Å².